The molecule has 0 saturated heterocycles. The Bertz CT molecular complexity index is 210. The molecule has 0 saturated carbocycles. The van der Waals surface area contributed by atoms with Gasteiger partial charge in [-0.3, -0.25) is 4.79 Å². The summed E-state index contributed by atoms with van der Waals surface area (Å²) in [6.45, 7) is 2.04. The second-order valence-corrected chi connectivity index (χ2v) is 3.39. The third kappa shape index (κ3) is 2.10. The van der Waals surface area contributed by atoms with E-state index in [1.54, 1.807) is 7.11 Å². The van der Waals surface area contributed by atoms with Gasteiger partial charge in [-0.15, -0.1) is 0 Å². The summed E-state index contributed by atoms with van der Waals surface area (Å²) in [7, 11) is 3.03. The van der Waals surface area contributed by atoms with Crippen LogP contribution in [0.25, 0.3) is 0 Å². The van der Waals surface area contributed by atoms with Gasteiger partial charge in [-0.1, -0.05) is 19.1 Å². The van der Waals surface area contributed by atoms with Crippen LogP contribution < -0.4 is 0 Å². The summed E-state index contributed by atoms with van der Waals surface area (Å²) in [5.74, 6) is -0.0360. The maximum Gasteiger partial charge on any atom is 0.311 e. The van der Waals surface area contributed by atoms with E-state index in [1.807, 2.05) is 13.0 Å². The number of allylic oxidation sites excluding steroid dienone is 1. The number of rotatable bonds is 2. The van der Waals surface area contributed by atoms with Gasteiger partial charge in [0.05, 0.1) is 19.1 Å². The molecule has 1 aliphatic rings. The Morgan fingerprint density at radius 3 is 2.69 bits per heavy atom. The second-order valence-electron chi connectivity index (χ2n) is 3.39. The Labute approximate surface area is 78.7 Å². The summed E-state index contributed by atoms with van der Waals surface area (Å²) in [5.41, 5.74) is 0. The van der Waals surface area contributed by atoms with Crippen molar-refractivity contribution in [2.75, 3.05) is 14.2 Å². The molecule has 1 aliphatic carbocycles. The van der Waals surface area contributed by atoms with Gasteiger partial charge >= 0.3 is 5.97 Å². The molecule has 0 amide bonds. The van der Waals surface area contributed by atoms with Gasteiger partial charge in [-0.05, 0) is 12.3 Å². The zero-order chi connectivity index (χ0) is 9.84. The van der Waals surface area contributed by atoms with E-state index in [9.17, 15) is 4.79 Å². The molecule has 0 N–H and O–H groups in total. The minimum absolute atomic E-state index is 0.129. The van der Waals surface area contributed by atoms with E-state index in [2.05, 4.69) is 6.08 Å². The van der Waals surface area contributed by atoms with Crippen molar-refractivity contribution in [1.82, 2.24) is 0 Å². The topological polar surface area (TPSA) is 35.5 Å². The van der Waals surface area contributed by atoms with Crippen LogP contribution in [0, 0.1) is 11.8 Å². The van der Waals surface area contributed by atoms with Crippen LogP contribution in [0.15, 0.2) is 12.2 Å². The second kappa shape index (κ2) is 4.42. The van der Waals surface area contributed by atoms with Crippen molar-refractivity contribution in [3.8, 4) is 0 Å². The van der Waals surface area contributed by atoms with Gasteiger partial charge in [0.15, 0.2) is 0 Å². The number of hydrogen-bond donors (Lipinski definition) is 0. The standard InChI is InChI=1S/C10H16O3/c1-7-5-4-6-8(12-2)9(7)10(11)13-3/h4,6-9H,5H2,1-3H3/t7-,8-,9+/m0/s1. The summed E-state index contributed by atoms with van der Waals surface area (Å²) in [6.07, 6.45) is 4.77. The van der Waals surface area contributed by atoms with Gasteiger partial charge < -0.3 is 9.47 Å². The lowest BCUT2D eigenvalue weighted by Gasteiger charge is -2.29. The maximum atomic E-state index is 11.4. The number of carbonyl (C=O) groups is 1. The summed E-state index contributed by atoms with van der Waals surface area (Å²) in [5, 5.41) is 0. The number of carbonyl (C=O) groups excluding carboxylic acids is 1. The molecule has 0 radical (unpaired) electrons. The number of methoxy groups -OCH3 is 2. The highest BCUT2D eigenvalue weighted by Gasteiger charge is 2.34. The zero-order valence-electron chi connectivity index (χ0n) is 8.32. The first-order chi connectivity index (χ1) is 6.20. The Balaban J connectivity index is 2.76. The van der Waals surface area contributed by atoms with Crippen LogP contribution in [0.5, 0.6) is 0 Å². The summed E-state index contributed by atoms with van der Waals surface area (Å²) >= 11 is 0. The Morgan fingerprint density at radius 1 is 1.46 bits per heavy atom. The summed E-state index contributed by atoms with van der Waals surface area (Å²) < 4.78 is 9.95. The minimum atomic E-state index is -0.177. The van der Waals surface area contributed by atoms with Crippen LogP contribution in [0.3, 0.4) is 0 Å². The molecule has 3 nitrogen and oxygen atoms in total. The van der Waals surface area contributed by atoms with Crippen LogP contribution in [0.2, 0.25) is 0 Å². The molecular formula is C10H16O3. The van der Waals surface area contributed by atoms with Crippen molar-refractivity contribution in [3.05, 3.63) is 12.2 Å². The first-order valence-corrected chi connectivity index (χ1v) is 4.48. The molecule has 74 valence electrons. The highest BCUT2D eigenvalue weighted by Crippen LogP contribution is 2.27. The lowest BCUT2D eigenvalue weighted by molar-refractivity contribution is -0.151. The van der Waals surface area contributed by atoms with E-state index >= 15 is 0 Å². The first kappa shape index (κ1) is 10.3. The number of ether oxygens (including phenoxy) is 2. The number of hydrogen-bond acceptors (Lipinski definition) is 3. The number of esters is 1. The zero-order valence-corrected chi connectivity index (χ0v) is 8.32. The van der Waals surface area contributed by atoms with Crippen molar-refractivity contribution in [2.45, 2.75) is 19.4 Å². The van der Waals surface area contributed by atoms with Crippen LogP contribution in [-0.2, 0) is 14.3 Å². The smallest absolute Gasteiger partial charge is 0.311 e. The maximum absolute atomic E-state index is 11.4. The van der Waals surface area contributed by atoms with Gasteiger partial charge in [0, 0.05) is 7.11 Å². The molecule has 1 rings (SSSR count). The molecule has 0 aliphatic heterocycles. The van der Waals surface area contributed by atoms with Gasteiger partial charge in [-0.2, -0.15) is 0 Å². The normalized spacial score (nSPS) is 33.0. The molecular weight excluding hydrogens is 168 g/mol. The van der Waals surface area contributed by atoms with Crippen LogP contribution in [-0.4, -0.2) is 26.3 Å². The molecule has 13 heavy (non-hydrogen) atoms. The molecule has 0 aromatic rings. The predicted molar refractivity (Wildman–Crippen MR) is 49.2 cm³/mol. The fourth-order valence-corrected chi connectivity index (χ4v) is 1.75. The van der Waals surface area contributed by atoms with Crippen LogP contribution in [0.4, 0.5) is 0 Å². The molecule has 3 atom stereocenters. The van der Waals surface area contributed by atoms with Crippen molar-refractivity contribution < 1.29 is 14.3 Å². The SMILES string of the molecule is COC(=O)[C@H]1[C@@H](OC)C=CC[C@@H]1C. The van der Waals surface area contributed by atoms with E-state index in [0.29, 0.717) is 5.92 Å². The van der Waals surface area contributed by atoms with Crippen LogP contribution >= 0.6 is 0 Å². The summed E-state index contributed by atoms with van der Waals surface area (Å²) in [6, 6.07) is 0. The van der Waals surface area contributed by atoms with Gasteiger partial charge in [0.2, 0.25) is 0 Å². The lowest BCUT2D eigenvalue weighted by atomic mass is 9.82. The van der Waals surface area contributed by atoms with Gasteiger partial charge in [0.25, 0.3) is 0 Å². The molecule has 0 fully saturated rings. The van der Waals surface area contributed by atoms with Crippen molar-refractivity contribution in [2.24, 2.45) is 11.8 Å². The molecule has 0 bridgehead atoms. The largest absolute Gasteiger partial charge is 0.469 e. The average molecular weight is 184 g/mol. The Morgan fingerprint density at radius 2 is 2.15 bits per heavy atom. The molecule has 0 aromatic carbocycles. The van der Waals surface area contributed by atoms with Gasteiger partial charge in [0.1, 0.15) is 0 Å². The minimum Gasteiger partial charge on any atom is -0.469 e. The summed E-state index contributed by atoms with van der Waals surface area (Å²) in [4.78, 5) is 11.4. The van der Waals surface area contributed by atoms with E-state index < -0.39 is 0 Å². The lowest BCUT2D eigenvalue weighted by Crippen LogP contribution is -2.36. The predicted octanol–water partition coefficient (Wildman–Crippen LogP) is 1.39. The first-order valence-electron chi connectivity index (χ1n) is 4.48. The third-order valence-corrected chi connectivity index (χ3v) is 2.55. The van der Waals surface area contributed by atoms with Crippen molar-refractivity contribution in [3.63, 3.8) is 0 Å². The fourth-order valence-electron chi connectivity index (χ4n) is 1.75. The van der Waals surface area contributed by atoms with Crippen LogP contribution in [0.1, 0.15) is 13.3 Å². The Hall–Kier alpha value is -0.830. The monoisotopic (exact) mass is 184 g/mol. The highest BCUT2D eigenvalue weighted by atomic mass is 16.5. The van der Waals surface area contributed by atoms with E-state index in [1.165, 1.54) is 7.11 Å². The molecule has 0 unspecified atom stereocenters. The third-order valence-electron chi connectivity index (χ3n) is 2.55. The quantitative estimate of drug-likeness (QED) is 0.480. The fraction of sp³-hybridized carbons (Fsp3) is 0.700. The average Bonchev–Trinajstić information content (AvgIpc) is 2.16. The van der Waals surface area contributed by atoms with E-state index in [-0.39, 0.29) is 18.0 Å². The molecule has 3 heteroatoms. The Kier molecular flexibility index (Phi) is 3.48. The van der Waals surface area contributed by atoms with E-state index in [0.717, 1.165) is 6.42 Å². The van der Waals surface area contributed by atoms with Crippen molar-refractivity contribution >= 4 is 5.97 Å². The molecule has 0 aromatic heterocycles. The highest BCUT2D eigenvalue weighted by molar-refractivity contribution is 5.74. The van der Waals surface area contributed by atoms with Gasteiger partial charge in [-0.25, -0.2) is 0 Å². The van der Waals surface area contributed by atoms with Crippen molar-refractivity contribution in [1.29, 1.82) is 0 Å². The van der Waals surface area contributed by atoms with E-state index in [4.69, 9.17) is 9.47 Å². The molecule has 0 spiro atoms. The molecule has 0 heterocycles.